The summed E-state index contributed by atoms with van der Waals surface area (Å²) in [5, 5.41) is 9.15. The van der Waals surface area contributed by atoms with Gasteiger partial charge in [0, 0.05) is 43.2 Å². The number of likely N-dealkylation sites (tertiary alicyclic amines) is 1. The van der Waals surface area contributed by atoms with Gasteiger partial charge in [-0.05, 0) is 48.7 Å². The van der Waals surface area contributed by atoms with Crippen LogP contribution in [0.3, 0.4) is 0 Å². The average molecular weight is 503 g/mol. The van der Waals surface area contributed by atoms with Crippen molar-refractivity contribution in [3.8, 4) is 11.5 Å². The highest BCUT2D eigenvalue weighted by atomic mass is 35.5. The number of nitrogens with one attached hydrogen (secondary N) is 3. The van der Waals surface area contributed by atoms with Gasteiger partial charge in [-0.1, -0.05) is 23.7 Å². The lowest BCUT2D eigenvalue weighted by Gasteiger charge is -2.33. The summed E-state index contributed by atoms with van der Waals surface area (Å²) in [5.74, 6) is 0.577. The monoisotopic (exact) mass is 502 g/mol. The molecule has 0 spiro atoms. The van der Waals surface area contributed by atoms with Crippen molar-refractivity contribution >= 4 is 35.1 Å². The van der Waals surface area contributed by atoms with Gasteiger partial charge in [0.25, 0.3) is 0 Å². The summed E-state index contributed by atoms with van der Waals surface area (Å²) in [4.78, 5) is 39.1. The summed E-state index contributed by atoms with van der Waals surface area (Å²) in [6, 6.07) is 11.3. The van der Waals surface area contributed by atoms with Gasteiger partial charge in [-0.15, -0.1) is 0 Å². The van der Waals surface area contributed by atoms with Crippen LogP contribution in [0.25, 0.3) is 0 Å². The highest BCUT2D eigenvalue weighted by Crippen LogP contribution is 2.28. The number of carbonyl (C=O) groups excluding carboxylic acids is 3. The molecule has 3 rings (SSSR count). The standard InChI is InChI=1S/C25H31ClN4O5/c1-16(31)27-21(13-17-7-8-22(34-2)23(14-17)35-3)24(32)28-19-9-11-30(12-10-19)25(33)29-20-6-4-5-18(26)15-20/h4-8,14-15,19,21H,9-13H2,1-3H3,(H,27,31)(H,28,32)(H,29,33)/t21-/m0/s1. The smallest absolute Gasteiger partial charge is 0.321 e. The molecule has 0 radical (unpaired) electrons. The van der Waals surface area contributed by atoms with Crippen molar-refractivity contribution in [3.05, 3.63) is 53.1 Å². The van der Waals surface area contributed by atoms with E-state index in [0.717, 1.165) is 5.56 Å². The van der Waals surface area contributed by atoms with E-state index in [-0.39, 0.29) is 23.9 Å². The number of hydrogen-bond donors (Lipinski definition) is 3. The number of hydrogen-bond acceptors (Lipinski definition) is 5. The first-order valence-corrected chi connectivity index (χ1v) is 11.8. The van der Waals surface area contributed by atoms with Crippen molar-refractivity contribution in [3.63, 3.8) is 0 Å². The van der Waals surface area contributed by atoms with Gasteiger partial charge in [0.05, 0.1) is 14.2 Å². The van der Waals surface area contributed by atoms with Crippen LogP contribution in [-0.2, 0) is 16.0 Å². The number of piperidine rings is 1. The minimum atomic E-state index is -0.741. The average Bonchev–Trinajstić information content (AvgIpc) is 2.83. The molecule has 188 valence electrons. The second-order valence-electron chi connectivity index (χ2n) is 8.36. The van der Waals surface area contributed by atoms with Crippen molar-refractivity contribution in [1.29, 1.82) is 0 Å². The minimum absolute atomic E-state index is 0.0978. The van der Waals surface area contributed by atoms with Gasteiger partial charge >= 0.3 is 6.03 Å². The zero-order valence-corrected chi connectivity index (χ0v) is 20.9. The number of carbonyl (C=O) groups is 3. The van der Waals surface area contributed by atoms with Gasteiger partial charge in [-0.25, -0.2) is 4.79 Å². The van der Waals surface area contributed by atoms with Crippen LogP contribution in [0.1, 0.15) is 25.3 Å². The Morgan fingerprint density at radius 3 is 2.40 bits per heavy atom. The topological polar surface area (TPSA) is 109 Å². The van der Waals surface area contributed by atoms with E-state index in [0.29, 0.717) is 54.6 Å². The number of benzene rings is 2. The number of nitrogens with zero attached hydrogens (tertiary/aromatic N) is 1. The fourth-order valence-electron chi connectivity index (χ4n) is 4.00. The molecule has 1 heterocycles. The number of anilines is 1. The number of methoxy groups -OCH3 is 2. The summed E-state index contributed by atoms with van der Waals surface area (Å²) < 4.78 is 10.6. The van der Waals surface area contributed by atoms with Gasteiger partial charge in [-0.3, -0.25) is 9.59 Å². The van der Waals surface area contributed by atoms with Crippen LogP contribution in [0.4, 0.5) is 10.5 Å². The molecule has 2 aromatic rings. The fraction of sp³-hybridized carbons (Fsp3) is 0.400. The number of amides is 4. The van der Waals surface area contributed by atoms with E-state index in [4.69, 9.17) is 21.1 Å². The molecule has 0 aliphatic carbocycles. The van der Waals surface area contributed by atoms with E-state index in [2.05, 4.69) is 16.0 Å². The molecule has 4 amide bonds. The lowest BCUT2D eigenvalue weighted by atomic mass is 10.0. The molecule has 1 fully saturated rings. The Morgan fingerprint density at radius 1 is 1.06 bits per heavy atom. The van der Waals surface area contributed by atoms with Crippen LogP contribution in [0.2, 0.25) is 5.02 Å². The quantitative estimate of drug-likeness (QED) is 0.513. The predicted molar refractivity (Wildman–Crippen MR) is 134 cm³/mol. The molecule has 2 aromatic carbocycles. The maximum atomic E-state index is 13.0. The van der Waals surface area contributed by atoms with Crippen LogP contribution < -0.4 is 25.4 Å². The highest BCUT2D eigenvalue weighted by molar-refractivity contribution is 6.30. The first kappa shape index (κ1) is 26.2. The van der Waals surface area contributed by atoms with Crippen LogP contribution in [-0.4, -0.2) is 62.1 Å². The van der Waals surface area contributed by atoms with Gasteiger partial charge < -0.3 is 30.3 Å². The largest absolute Gasteiger partial charge is 0.493 e. The van der Waals surface area contributed by atoms with Gasteiger partial charge in [-0.2, -0.15) is 0 Å². The predicted octanol–water partition coefficient (Wildman–Crippen LogP) is 3.22. The van der Waals surface area contributed by atoms with Gasteiger partial charge in [0.15, 0.2) is 11.5 Å². The number of urea groups is 1. The molecule has 1 saturated heterocycles. The van der Waals surface area contributed by atoms with E-state index in [1.807, 2.05) is 6.07 Å². The molecule has 1 aliphatic heterocycles. The van der Waals surface area contributed by atoms with Crippen LogP contribution in [0.5, 0.6) is 11.5 Å². The van der Waals surface area contributed by atoms with E-state index >= 15 is 0 Å². The second-order valence-corrected chi connectivity index (χ2v) is 8.79. The maximum Gasteiger partial charge on any atom is 0.321 e. The molecule has 3 N–H and O–H groups in total. The van der Waals surface area contributed by atoms with Crippen molar-refractivity contribution in [2.75, 3.05) is 32.6 Å². The van der Waals surface area contributed by atoms with E-state index < -0.39 is 6.04 Å². The van der Waals surface area contributed by atoms with Crippen LogP contribution in [0, 0.1) is 0 Å². The maximum absolute atomic E-state index is 13.0. The lowest BCUT2D eigenvalue weighted by Crippen LogP contribution is -2.53. The molecule has 0 saturated carbocycles. The van der Waals surface area contributed by atoms with Crippen molar-refractivity contribution < 1.29 is 23.9 Å². The van der Waals surface area contributed by atoms with Gasteiger partial charge in [0.2, 0.25) is 11.8 Å². The zero-order chi connectivity index (χ0) is 25.4. The van der Waals surface area contributed by atoms with Crippen molar-refractivity contribution in [2.24, 2.45) is 0 Å². The molecule has 1 aliphatic rings. The molecular formula is C25H31ClN4O5. The van der Waals surface area contributed by atoms with E-state index in [1.165, 1.54) is 6.92 Å². The molecule has 0 aromatic heterocycles. The Bertz CT molecular complexity index is 1060. The third-order valence-corrected chi connectivity index (χ3v) is 6.02. The first-order chi connectivity index (χ1) is 16.8. The van der Waals surface area contributed by atoms with E-state index in [9.17, 15) is 14.4 Å². The Labute approximate surface area is 210 Å². The minimum Gasteiger partial charge on any atom is -0.493 e. The molecule has 35 heavy (non-hydrogen) atoms. The van der Waals surface area contributed by atoms with Crippen LogP contribution >= 0.6 is 11.6 Å². The zero-order valence-electron chi connectivity index (χ0n) is 20.1. The molecule has 10 heteroatoms. The second kappa shape index (κ2) is 12.3. The molecule has 0 unspecified atom stereocenters. The Kier molecular flexibility index (Phi) is 9.19. The number of halogens is 1. The summed E-state index contributed by atoms with van der Waals surface area (Å²) in [5.41, 5.74) is 1.45. The molecule has 9 nitrogen and oxygen atoms in total. The molecular weight excluding hydrogens is 472 g/mol. The fourth-order valence-corrected chi connectivity index (χ4v) is 4.19. The van der Waals surface area contributed by atoms with Gasteiger partial charge in [0.1, 0.15) is 6.04 Å². The van der Waals surface area contributed by atoms with Crippen molar-refractivity contribution in [1.82, 2.24) is 15.5 Å². The Hall–Kier alpha value is -3.46. The van der Waals surface area contributed by atoms with Crippen LogP contribution in [0.15, 0.2) is 42.5 Å². The third kappa shape index (κ3) is 7.51. The molecule has 0 bridgehead atoms. The lowest BCUT2D eigenvalue weighted by molar-refractivity contribution is -0.128. The summed E-state index contributed by atoms with van der Waals surface area (Å²) >= 11 is 5.98. The number of ether oxygens (including phenoxy) is 2. The normalized spacial score (nSPS) is 14.6. The Morgan fingerprint density at radius 2 is 1.77 bits per heavy atom. The molecule has 1 atom stereocenters. The summed E-state index contributed by atoms with van der Waals surface area (Å²) in [6.45, 7) is 2.38. The Balaban J connectivity index is 1.55. The first-order valence-electron chi connectivity index (χ1n) is 11.4. The summed E-state index contributed by atoms with van der Waals surface area (Å²) in [7, 11) is 3.10. The number of rotatable bonds is 8. The highest BCUT2D eigenvalue weighted by Gasteiger charge is 2.27. The third-order valence-electron chi connectivity index (χ3n) is 5.79. The summed E-state index contributed by atoms with van der Waals surface area (Å²) in [6.07, 6.45) is 1.52. The van der Waals surface area contributed by atoms with E-state index in [1.54, 1.807) is 55.5 Å². The van der Waals surface area contributed by atoms with Crippen molar-refractivity contribution in [2.45, 2.75) is 38.3 Å². The SMILES string of the molecule is COc1ccc(C[C@H](NC(C)=O)C(=O)NC2CCN(C(=O)Nc3cccc(Cl)c3)CC2)cc1OC.